The number of carbonyl (C=O) groups excluding carboxylic acids is 2. The van der Waals surface area contributed by atoms with Crippen LogP contribution in [0.4, 0.5) is 8.78 Å². The first kappa shape index (κ1) is 32.6. The highest BCUT2D eigenvalue weighted by Gasteiger charge is 2.48. The molecule has 10 nitrogen and oxygen atoms in total. The molecule has 0 amide bonds. The minimum atomic E-state index is -3.81. The van der Waals surface area contributed by atoms with Gasteiger partial charge in [-0.3, -0.25) is 9.59 Å². The van der Waals surface area contributed by atoms with Crippen LogP contribution in [0.25, 0.3) is 0 Å². The van der Waals surface area contributed by atoms with E-state index in [4.69, 9.17) is 10.7 Å². The maximum absolute atomic E-state index is 12.8. The highest BCUT2D eigenvalue weighted by molar-refractivity contribution is 8.13. The fourth-order valence-corrected chi connectivity index (χ4v) is 6.31. The summed E-state index contributed by atoms with van der Waals surface area (Å²) in [5.74, 6) is -1.73. The van der Waals surface area contributed by atoms with Crippen molar-refractivity contribution in [2.75, 3.05) is 14.2 Å². The van der Waals surface area contributed by atoms with Crippen molar-refractivity contribution in [2.24, 2.45) is 0 Å². The zero-order chi connectivity index (χ0) is 29.5. The minimum absolute atomic E-state index is 0.0330. The predicted octanol–water partition coefficient (Wildman–Crippen LogP) is 2.81. The molecule has 2 heterocycles. The number of carbonyl (C=O) groups is 2. The van der Waals surface area contributed by atoms with Crippen LogP contribution in [0.2, 0.25) is 0 Å². The van der Waals surface area contributed by atoms with E-state index in [2.05, 4.69) is 14.8 Å². The Bertz CT molecular complexity index is 1350. The summed E-state index contributed by atoms with van der Waals surface area (Å²) in [5, 5.41) is 3.02. The molecule has 0 aliphatic carbocycles. The number of nitrogens with one attached hydrogen (secondary N) is 1. The van der Waals surface area contributed by atoms with Crippen LogP contribution in [0.3, 0.4) is 0 Å². The molecule has 0 radical (unpaired) electrons. The molecule has 4 unspecified atom stereocenters. The molecular formula is C24H29ClF2N2O8S2. The number of hydrogen-bond acceptors (Lipinski definition) is 9. The van der Waals surface area contributed by atoms with Gasteiger partial charge in [-0.25, -0.2) is 25.6 Å². The Morgan fingerprint density at radius 3 is 1.64 bits per heavy atom. The minimum Gasteiger partial charge on any atom is -0.468 e. The van der Waals surface area contributed by atoms with Crippen LogP contribution in [0.15, 0.2) is 58.3 Å². The summed E-state index contributed by atoms with van der Waals surface area (Å²) in [4.78, 5) is 22.0. The number of nitrogens with zero attached hydrogens (tertiary/aromatic N) is 1. The lowest BCUT2D eigenvalue weighted by atomic mass is 9.99. The van der Waals surface area contributed by atoms with E-state index < -0.39 is 42.7 Å². The van der Waals surface area contributed by atoms with Gasteiger partial charge >= 0.3 is 11.9 Å². The third kappa shape index (κ3) is 8.67. The van der Waals surface area contributed by atoms with E-state index in [1.54, 1.807) is 6.92 Å². The van der Waals surface area contributed by atoms with Gasteiger partial charge in [0.1, 0.15) is 23.7 Å². The Hall–Kier alpha value is -2.65. The van der Waals surface area contributed by atoms with E-state index in [0.29, 0.717) is 12.5 Å². The fourth-order valence-electron chi connectivity index (χ4n) is 3.75. The molecular weight excluding hydrogens is 582 g/mol. The molecule has 2 aromatic rings. The number of ether oxygens (including phenoxy) is 2. The molecule has 4 atom stereocenters. The molecule has 2 aliphatic rings. The molecule has 2 aromatic carbocycles. The van der Waals surface area contributed by atoms with Crippen LogP contribution in [-0.4, -0.2) is 71.5 Å². The lowest BCUT2D eigenvalue weighted by Gasteiger charge is -2.43. The molecule has 1 N–H and O–H groups in total. The highest BCUT2D eigenvalue weighted by atomic mass is 35.7. The van der Waals surface area contributed by atoms with Gasteiger partial charge in [0, 0.05) is 22.8 Å². The van der Waals surface area contributed by atoms with Crippen molar-refractivity contribution >= 4 is 41.7 Å². The van der Waals surface area contributed by atoms with Crippen molar-refractivity contribution in [2.45, 2.75) is 60.6 Å². The van der Waals surface area contributed by atoms with Crippen LogP contribution >= 0.6 is 10.7 Å². The summed E-state index contributed by atoms with van der Waals surface area (Å²) < 4.78 is 81.1. The summed E-state index contributed by atoms with van der Waals surface area (Å²) in [6.45, 7) is 3.75. The Balaban J connectivity index is 0.000000226. The van der Waals surface area contributed by atoms with Crippen LogP contribution < -0.4 is 5.32 Å². The Labute approximate surface area is 230 Å². The summed E-state index contributed by atoms with van der Waals surface area (Å²) >= 11 is 0. The smallest absolute Gasteiger partial charge is 0.324 e. The SMILES string of the molecule is COC(=O)C1CC(C)N1.COC(=O)C1CC(C)N1S(=O)(=O)c1ccc(F)cc1.O=S(=O)(Cl)c1ccc(F)cc1. The van der Waals surface area contributed by atoms with Crippen LogP contribution in [0, 0.1) is 11.6 Å². The Kier molecular flexibility index (Phi) is 11.4. The lowest BCUT2D eigenvalue weighted by Crippen LogP contribution is -2.60. The van der Waals surface area contributed by atoms with Gasteiger partial charge in [0.2, 0.25) is 10.0 Å². The van der Waals surface area contributed by atoms with E-state index >= 15 is 0 Å². The van der Waals surface area contributed by atoms with Crippen LogP contribution in [0.5, 0.6) is 0 Å². The average Bonchev–Trinajstić information content (AvgIpc) is 2.85. The highest BCUT2D eigenvalue weighted by Crippen LogP contribution is 2.33. The fraction of sp³-hybridized carbons (Fsp3) is 0.417. The molecule has 2 aliphatic heterocycles. The molecule has 2 fully saturated rings. The topological polar surface area (TPSA) is 136 Å². The van der Waals surface area contributed by atoms with Crippen molar-refractivity contribution in [3.05, 3.63) is 60.2 Å². The van der Waals surface area contributed by atoms with E-state index in [1.165, 1.54) is 26.4 Å². The largest absolute Gasteiger partial charge is 0.468 e. The van der Waals surface area contributed by atoms with E-state index in [1.807, 2.05) is 6.92 Å². The van der Waals surface area contributed by atoms with Gasteiger partial charge in [-0.15, -0.1) is 0 Å². The maximum atomic E-state index is 12.8. The number of esters is 2. The van der Waals surface area contributed by atoms with Gasteiger partial charge in [0.05, 0.1) is 24.0 Å². The normalized spacial score (nSPS) is 22.4. The van der Waals surface area contributed by atoms with Gasteiger partial charge in [-0.05, 0) is 75.2 Å². The maximum Gasteiger partial charge on any atom is 0.324 e. The quantitative estimate of drug-likeness (QED) is 0.400. The van der Waals surface area contributed by atoms with Gasteiger partial charge in [-0.2, -0.15) is 4.31 Å². The monoisotopic (exact) mass is 610 g/mol. The predicted molar refractivity (Wildman–Crippen MR) is 138 cm³/mol. The first-order valence-electron chi connectivity index (χ1n) is 11.5. The molecule has 2 saturated heterocycles. The van der Waals surface area contributed by atoms with Gasteiger partial charge < -0.3 is 14.8 Å². The number of rotatable bonds is 5. The average molecular weight is 611 g/mol. The third-order valence-electron chi connectivity index (χ3n) is 5.82. The molecule has 0 aromatic heterocycles. The molecule has 15 heteroatoms. The molecule has 4 rings (SSSR count). The second-order valence-corrected chi connectivity index (χ2v) is 13.1. The zero-order valence-electron chi connectivity index (χ0n) is 21.5. The number of sulfonamides is 1. The van der Waals surface area contributed by atoms with Gasteiger partial charge in [0.15, 0.2) is 0 Å². The molecule has 0 spiro atoms. The summed E-state index contributed by atoms with van der Waals surface area (Å²) in [6, 6.07) is 8.18. The summed E-state index contributed by atoms with van der Waals surface area (Å²) in [7, 11) is 0.0660. The molecule has 0 bridgehead atoms. The molecule has 39 heavy (non-hydrogen) atoms. The second-order valence-electron chi connectivity index (χ2n) is 8.68. The number of methoxy groups -OCH3 is 2. The first-order valence-corrected chi connectivity index (χ1v) is 15.3. The van der Waals surface area contributed by atoms with Gasteiger partial charge in [-0.1, -0.05) is 0 Å². The molecule has 0 saturated carbocycles. The van der Waals surface area contributed by atoms with Crippen LogP contribution in [-0.2, 0) is 38.1 Å². The number of benzene rings is 2. The van der Waals surface area contributed by atoms with Crippen molar-refractivity contribution in [3.8, 4) is 0 Å². The van der Waals surface area contributed by atoms with Crippen molar-refractivity contribution in [1.29, 1.82) is 0 Å². The second kappa shape index (κ2) is 13.6. The van der Waals surface area contributed by atoms with Crippen molar-refractivity contribution in [3.63, 3.8) is 0 Å². The number of halogens is 3. The number of hydrogen-bond donors (Lipinski definition) is 1. The zero-order valence-corrected chi connectivity index (χ0v) is 23.9. The van der Waals surface area contributed by atoms with E-state index in [-0.39, 0.29) is 27.8 Å². The van der Waals surface area contributed by atoms with E-state index in [9.17, 15) is 35.2 Å². The lowest BCUT2D eigenvalue weighted by molar-refractivity contribution is -0.150. The first-order chi connectivity index (χ1) is 18.1. The standard InChI is InChI=1S/C12H14FNO4S.C6H4ClFO2S.C6H11NO2/c1-8-7-11(12(15)18-2)14(8)19(16,17)10-5-3-9(13)4-6-10;7-11(9,10)6-3-1-5(8)2-4-6;1-4-3-5(7-4)6(8)9-2/h3-6,8,11H,7H2,1-2H3;1-4H;4-5,7H,3H2,1-2H3. The third-order valence-corrected chi connectivity index (χ3v) is 9.23. The van der Waals surface area contributed by atoms with Gasteiger partial charge in [0.25, 0.3) is 9.05 Å². The summed E-state index contributed by atoms with van der Waals surface area (Å²) in [5.41, 5.74) is 0. The molecule has 216 valence electrons. The Morgan fingerprint density at radius 1 is 0.846 bits per heavy atom. The van der Waals surface area contributed by atoms with Crippen molar-refractivity contribution in [1.82, 2.24) is 9.62 Å². The summed E-state index contributed by atoms with van der Waals surface area (Å²) in [6.07, 6.45) is 1.33. The Morgan fingerprint density at radius 2 is 1.28 bits per heavy atom. The van der Waals surface area contributed by atoms with Crippen LogP contribution in [0.1, 0.15) is 26.7 Å². The van der Waals surface area contributed by atoms with E-state index in [0.717, 1.165) is 47.1 Å². The van der Waals surface area contributed by atoms with Crippen molar-refractivity contribution < 1.29 is 44.7 Å².